The highest BCUT2D eigenvalue weighted by Crippen LogP contribution is 2.44. The number of para-hydroxylation sites is 3. The van der Waals surface area contributed by atoms with E-state index in [2.05, 4.69) is 92.9 Å². The fraction of sp³-hybridized carbons (Fsp3) is 0.0500. The summed E-state index contributed by atoms with van der Waals surface area (Å²) in [5.74, 6) is 2.41. The van der Waals surface area contributed by atoms with Crippen molar-refractivity contribution in [1.82, 2.24) is 24.1 Å². The first-order valence-corrected chi connectivity index (χ1v) is 24.4. The molecule has 0 aliphatic heterocycles. The Balaban J connectivity index is 1.15. The van der Waals surface area contributed by atoms with Gasteiger partial charge in [-0.3, -0.25) is 14.0 Å². The zero-order chi connectivity index (χ0) is 46.7. The van der Waals surface area contributed by atoms with E-state index in [0.717, 1.165) is 84.2 Å². The first-order chi connectivity index (χ1) is 33.5. The van der Waals surface area contributed by atoms with Gasteiger partial charge in [-0.05, 0) is 87.0 Å². The maximum absolute atomic E-state index is 16.4. The Morgan fingerprint density at radius 3 is 1.35 bits per heavy atom. The second kappa shape index (κ2) is 20.8. The van der Waals surface area contributed by atoms with Gasteiger partial charge in [0.05, 0.1) is 29.5 Å². The summed E-state index contributed by atoms with van der Waals surface area (Å²) in [6.45, 7) is 6.02. The van der Waals surface area contributed by atoms with Gasteiger partial charge in [0, 0.05) is 50.3 Å². The molecule has 3 heterocycles. The average molecular weight is 903 g/mol. The van der Waals surface area contributed by atoms with Gasteiger partial charge >= 0.3 is 0 Å². The van der Waals surface area contributed by atoms with Crippen LogP contribution in [0.4, 0.5) is 11.5 Å². The molecule has 0 saturated heterocycles. The minimum atomic E-state index is -3.49. The number of rotatable bonds is 15. The van der Waals surface area contributed by atoms with E-state index in [4.69, 9.17) is 15.0 Å². The number of anilines is 2. The van der Waals surface area contributed by atoms with Gasteiger partial charge in [0.25, 0.3) is 0 Å². The summed E-state index contributed by atoms with van der Waals surface area (Å²) in [5, 5.41) is 2.16. The van der Waals surface area contributed by atoms with E-state index in [9.17, 15) is 0 Å². The fourth-order valence-electron chi connectivity index (χ4n) is 8.43. The molecule has 332 valence electrons. The number of benzene rings is 6. The third kappa shape index (κ3) is 9.21. The average Bonchev–Trinajstić information content (AvgIpc) is 4.04. The molecule has 0 unspecified atom stereocenters. The molecular weight excluding hydrogens is 852 g/mol. The van der Waals surface area contributed by atoms with Gasteiger partial charge in [-0.2, -0.15) is 0 Å². The normalized spacial score (nSPS) is 12.2. The first-order valence-electron chi connectivity index (χ1n) is 22.7. The number of hydrogen-bond acceptors (Lipinski definition) is 5. The highest BCUT2D eigenvalue weighted by molar-refractivity contribution is 7.85. The van der Waals surface area contributed by atoms with Crippen molar-refractivity contribution in [1.29, 1.82) is 0 Å². The topological polar surface area (TPSA) is 68.8 Å². The second-order valence-electron chi connectivity index (χ2n) is 15.9. The van der Waals surface area contributed by atoms with Crippen LogP contribution in [0, 0.1) is 0 Å². The zero-order valence-electron chi connectivity index (χ0n) is 38.3. The van der Waals surface area contributed by atoms with Crippen LogP contribution in [0.25, 0.3) is 51.7 Å². The van der Waals surface area contributed by atoms with Gasteiger partial charge in [-0.1, -0.05) is 176 Å². The lowest BCUT2D eigenvalue weighted by Gasteiger charge is -2.27. The van der Waals surface area contributed by atoms with Gasteiger partial charge in [-0.15, -0.1) is 0 Å². The van der Waals surface area contributed by atoms with E-state index >= 15 is 4.57 Å². The number of allylic oxidation sites excluding steroid dienone is 7. The van der Waals surface area contributed by atoms with Crippen LogP contribution in [-0.4, -0.2) is 24.1 Å². The molecule has 0 N–H and O–H groups in total. The summed E-state index contributed by atoms with van der Waals surface area (Å²) >= 11 is 0. The molecule has 6 aromatic carbocycles. The van der Waals surface area contributed by atoms with Crippen LogP contribution in [0.3, 0.4) is 0 Å². The molecule has 0 amide bonds. The lowest BCUT2D eigenvalue weighted by atomic mass is 10.1. The van der Waals surface area contributed by atoms with Crippen molar-refractivity contribution in [2.24, 2.45) is 0 Å². The molecule has 0 saturated carbocycles. The van der Waals surface area contributed by atoms with Gasteiger partial charge in [0.15, 0.2) is 7.14 Å². The molecule has 9 rings (SSSR count). The molecule has 0 fully saturated rings. The van der Waals surface area contributed by atoms with Crippen LogP contribution in [0.5, 0.6) is 0 Å². The van der Waals surface area contributed by atoms with Crippen LogP contribution in [0.2, 0.25) is 0 Å². The molecule has 0 aliphatic rings. The van der Waals surface area contributed by atoms with Crippen LogP contribution in [-0.2, 0) is 4.57 Å². The van der Waals surface area contributed by atoms with Gasteiger partial charge in [-0.25, -0.2) is 15.0 Å². The minimum absolute atomic E-state index is 0.720. The standard InChI is InChI=1S/C60H51N6OP/c1-4-7-12-28-59-62-44-56(65(59)50-24-16-10-17-25-50)47-33-39-53(40-34-47)68(67,52-37-31-46(32-38-52)55(6-3)64(49-22-14-9-15-23-49)58-30-20-21-43-61-58)54-41-35-48(36-42-54)57-45-63-60(29-13-8-5-2)66(57)51-26-18-11-19-27-51/h4-45H,1-3H3/b7-4-,8-5-,28-12-,29-13-,55-6-. The molecular formula is C60H51N6OP. The Labute approximate surface area is 399 Å². The summed E-state index contributed by atoms with van der Waals surface area (Å²) < 4.78 is 20.7. The van der Waals surface area contributed by atoms with Gasteiger partial charge in [0.2, 0.25) is 0 Å². The van der Waals surface area contributed by atoms with E-state index < -0.39 is 7.14 Å². The monoisotopic (exact) mass is 902 g/mol. The maximum Gasteiger partial charge on any atom is 0.171 e. The molecule has 0 atom stereocenters. The molecule has 0 bridgehead atoms. The second-order valence-corrected chi connectivity index (χ2v) is 18.7. The summed E-state index contributed by atoms with van der Waals surface area (Å²) in [6.07, 6.45) is 23.7. The van der Waals surface area contributed by atoms with Gasteiger partial charge < -0.3 is 4.57 Å². The molecule has 0 radical (unpaired) electrons. The fourth-order valence-corrected chi connectivity index (χ4v) is 11.0. The Hall–Kier alpha value is -8.38. The Bertz CT molecular complexity index is 3100. The highest BCUT2D eigenvalue weighted by Gasteiger charge is 2.31. The predicted molar refractivity (Wildman–Crippen MR) is 285 cm³/mol. The summed E-state index contributed by atoms with van der Waals surface area (Å²) in [7, 11) is -3.49. The van der Waals surface area contributed by atoms with Crippen molar-refractivity contribution in [3.63, 3.8) is 0 Å². The molecule has 68 heavy (non-hydrogen) atoms. The van der Waals surface area contributed by atoms with E-state index in [-0.39, 0.29) is 0 Å². The van der Waals surface area contributed by atoms with Crippen molar-refractivity contribution in [3.05, 3.63) is 260 Å². The quantitative estimate of drug-likeness (QED) is 0.0757. The third-order valence-electron chi connectivity index (χ3n) is 11.7. The predicted octanol–water partition coefficient (Wildman–Crippen LogP) is 13.8. The van der Waals surface area contributed by atoms with Gasteiger partial charge in [0.1, 0.15) is 17.5 Å². The highest BCUT2D eigenvalue weighted by atomic mass is 31.2. The summed E-state index contributed by atoms with van der Waals surface area (Å²) in [5.41, 5.74) is 8.66. The summed E-state index contributed by atoms with van der Waals surface area (Å²) in [6, 6.07) is 61.1. The van der Waals surface area contributed by atoms with Crippen molar-refractivity contribution in [3.8, 4) is 33.9 Å². The van der Waals surface area contributed by atoms with E-state index in [1.165, 1.54) is 0 Å². The third-order valence-corrected chi connectivity index (χ3v) is 14.8. The number of nitrogens with zero attached hydrogens (tertiary/aromatic N) is 6. The smallest absolute Gasteiger partial charge is 0.171 e. The van der Waals surface area contributed by atoms with Crippen LogP contribution >= 0.6 is 7.14 Å². The Morgan fingerprint density at radius 1 is 0.485 bits per heavy atom. The Morgan fingerprint density at radius 2 is 0.926 bits per heavy atom. The molecule has 7 nitrogen and oxygen atoms in total. The van der Waals surface area contributed by atoms with E-state index in [0.29, 0.717) is 0 Å². The van der Waals surface area contributed by atoms with E-state index in [1.807, 2.05) is 197 Å². The largest absolute Gasteiger partial charge is 0.309 e. The zero-order valence-corrected chi connectivity index (χ0v) is 39.2. The van der Waals surface area contributed by atoms with Crippen molar-refractivity contribution in [2.75, 3.05) is 4.90 Å². The molecule has 0 aliphatic carbocycles. The van der Waals surface area contributed by atoms with Crippen LogP contribution < -0.4 is 20.8 Å². The van der Waals surface area contributed by atoms with Crippen LogP contribution in [0.1, 0.15) is 38.0 Å². The number of aromatic nitrogens is 5. The van der Waals surface area contributed by atoms with Crippen LogP contribution in [0.15, 0.2) is 243 Å². The lowest BCUT2D eigenvalue weighted by molar-refractivity contribution is 0.592. The number of hydrogen-bond donors (Lipinski definition) is 0. The van der Waals surface area contributed by atoms with Crippen molar-refractivity contribution < 1.29 is 4.57 Å². The minimum Gasteiger partial charge on any atom is -0.309 e. The molecule has 9 aromatic rings. The molecule has 0 spiro atoms. The SMILES string of the molecule is C/C=C\C=C/c1ncc(-c2ccc(P(=O)(c3ccc(/C(=C/C)N(c4ccccc4)c4ccccn4)cc3)c3ccc(-c4cnc(/C=C\C=C/C)n4-c4ccccc4)cc3)cc2)n1-c1ccccc1. The van der Waals surface area contributed by atoms with Crippen molar-refractivity contribution in [2.45, 2.75) is 20.8 Å². The Kier molecular flexibility index (Phi) is 13.7. The number of imidazole rings is 2. The first kappa shape index (κ1) is 44.8. The lowest BCUT2D eigenvalue weighted by Crippen LogP contribution is -2.25. The molecule has 8 heteroatoms. The number of pyridine rings is 1. The van der Waals surface area contributed by atoms with E-state index in [1.54, 1.807) is 0 Å². The summed E-state index contributed by atoms with van der Waals surface area (Å²) in [4.78, 5) is 16.5. The molecule has 3 aromatic heterocycles. The maximum atomic E-state index is 16.4. The van der Waals surface area contributed by atoms with Crippen molar-refractivity contribution >= 4 is 52.4 Å².